The average Bonchev–Trinajstić information content (AvgIpc) is 2.39. The number of nitrogens with zero attached hydrogens (tertiary/aromatic N) is 1. The van der Waals surface area contributed by atoms with Gasteiger partial charge < -0.3 is 0 Å². The van der Waals surface area contributed by atoms with Crippen LogP contribution in [0.1, 0.15) is 40.5 Å². The summed E-state index contributed by atoms with van der Waals surface area (Å²) in [5.74, 6) is 1.35. The van der Waals surface area contributed by atoms with Crippen LogP contribution in [0.3, 0.4) is 0 Å². The highest BCUT2D eigenvalue weighted by Crippen LogP contribution is 2.21. The maximum atomic E-state index is 5.98. The minimum Gasteiger partial charge on any atom is -0.270 e. The molecular formula is C16H27NO. The van der Waals surface area contributed by atoms with E-state index in [4.69, 9.17) is 4.84 Å². The molecule has 102 valence electrons. The molecule has 0 spiro atoms. The van der Waals surface area contributed by atoms with Gasteiger partial charge in [0.25, 0.3) is 0 Å². The molecule has 3 atom stereocenters. The minimum atomic E-state index is 0.240. The van der Waals surface area contributed by atoms with Crippen LogP contribution >= 0.6 is 0 Å². The molecule has 0 aliphatic heterocycles. The van der Waals surface area contributed by atoms with Crippen LogP contribution in [0, 0.1) is 11.8 Å². The predicted molar refractivity (Wildman–Crippen MR) is 78.6 cm³/mol. The van der Waals surface area contributed by atoms with Gasteiger partial charge in [-0.15, -0.1) is 0 Å². The molecule has 0 radical (unpaired) electrons. The van der Waals surface area contributed by atoms with Crippen molar-refractivity contribution in [2.45, 2.75) is 46.6 Å². The first-order valence-corrected chi connectivity index (χ1v) is 7.00. The molecule has 0 aliphatic rings. The van der Waals surface area contributed by atoms with Crippen LogP contribution in [0.15, 0.2) is 30.3 Å². The Hall–Kier alpha value is -1.02. The first kappa shape index (κ1) is 15.0. The Bertz CT molecular complexity index is 325. The summed E-state index contributed by atoms with van der Waals surface area (Å²) in [6, 6.07) is 10.2. The fourth-order valence-electron chi connectivity index (χ4n) is 2.05. The van der Waals surface area contributed by atoms with Gasteiger partial charge in [0, 0.05) is 7.05 Å². The lowest BCUT2D eigenvalue weighted by Crippen LogP contribution is -2.29. The molecule has 18 heavy (non-hydrogen) atoms. The van der Waals surface area contributed by atoms with Crippen molar-refractivity contribution in [3.63, 3.8) is 0 Å². The second kappa shape index (κ2) is 7.42. The highest BCUT2D eigenvalue weighted by atomic mass is 16.7. The zero-order valence-corrected chi connectivity index (χ0v) is 12.4. The Labute approximate surface area is 112 Å². The number of hydrogen-bond acceptors (Lipinski definition) is 2. The molecule has 0 fully saturated rings. The van der Waals surface area contributed by atoms with E-state index in [1.165, 1.54) is 12.8 Å². The van der Waals surface area contributed by atoms with Gasteiger partial charge in [-0.1, -0.05) is 45.4 Å². The molecule has 0 amide bonds. The van der Waals surface area contributed by atoms with Crippen LogP contribution in [0.2, 0.25) is 0 Å². The fraction of sp³-hybridized carbons (Fsp3) is 0.625. The van der Waals surface area contributed by atoms with Crippen LogP contribution < -0.4 is 5.06 Å². The van der Waals surface area contributed by atoms with E-state index in [1.54, 1.807) is 0 Å². The van der Waals surface area contributed by atoms with Gasteiger partial charge in [0.1, 0.15) is 0 Å². The van der Waals surface area contributed by atoms with Gasteiger partial charge in [-0.05, 0) is 37.3 Å². The highest BCUT2D eigenvalue weighted by Gasteiger charge is 2.17. The smallest absolute Gasteiger partial charge is 0.0853 e. The normalized spacial score (nSPS) is 16.1. The van der Waals surface area contributed by atoms with E-state index in [-0.39, 0.29) is 6.10 Å². The number of hydroxylamine groups is 1. The Balaban J connectivity index is 2.46. The number of anilines is 1. The van der Waals surface area contributed by atoms with E-state index in [2.05, 4.69) is 39.8 Å². The number of para-hydroxylation sites is 1. The van der Waals surface area contributed by atoms with Gasteiger partial charge in [0.15, 0.2) is 0 Å². The van der Waals surface area contributed by atoms with Crippen LogP contribution in [0.4, 0.5) is 5.69 Å². The minimum absolute atomic E-state index is 0.240. The van der Waals surface area contributed by atoms with E-state index in [0.29, 0.717) is 5.92 Å². The van der Waals surface area contributed by atoms with Crippen molar-refractivity contribution in [2.75, 3.05) is 12.1 Å². The molecule has 0 saturated heterocycles. The summed E-state index contributed by atoms with van der Waals surface area (Å²) in [7, 11) is 1.97. The van der Waals surface area contributed by atoms with Crippen LogP contribution in [-0.4, -0.2) is 13.2 Å². The van der Waals surface area contributed by atoms with Crippen molar-refractivity contribution in [2.24, 2.45) is 11.8 Å². The zero-order valence-electron chi connectivity index (χ0n) is 12.4. The van der Waals surface area contributed by atoms with Crippen molar-refractivity contribution in [3.05, 3.63) is 30.3 Å². The molecule has 2 heteroatoms. The van der Waals surface area contributed by atoms with Crippen molar-refractivity contribution in [3.8, 4) is 0 Å². The summed E-state index contributed by atoms with van der Waals surface area (Å²) >= 11 is 0. The molecule has 2 nitrogen and oxygen atoms in total. The lowest BCUT2D eigenvalue weighted by molar-refractivity contribution is 0.0139. The predicted octanol–water partition coefficient (Wildman–Crippen LogP) is 4.52. The third-order valence-corrected chi connectivity index (χ3v) is 3.72. The molecular weight excluding hydrogens is 222 g/mol. The average molecular weight is 249 g/mol. The molecule has 0 aliphatic carbocycles. The second-order valence-corrected chi connectivity index (χ2v) is 5.37. The summed E-state index contributed by atoms with van der Waals surface area (Å²) in [6.45, 7) is 8.99. The van der Waals surface area contributed by atoms with Gasteiger partial charge in [0.05, 0.1) is 11.8 Å². The summed E-state index contributed by atoms with van der Waals surface area (Å²) in [5.41, 5.74) is 1.10. The van der Waals surface area contributed by atoms with E-state index in [1.807, 2.05) is 30.3 Å². The topological polar surface area (TPSA) is 12.5 Å². The summed E-state index contributed by atoms with van der Waals surface area (Å²) in [5, 5.41) is 1.87. The van der Waals surface area contributed by atoms with Crippen molar-refractivity contribution in [1.82, 2.24) is 0 Å². The second-order valence-electron chi connectivity index (χ2n) is 5.37. The summed E-state index contributed by atoms with van der Waals surface area (Å²) < 4.78 is 0. The van der Waals surface area contributed by atoms with Crippen LogP contribution in [0.5, 0.6) is 0 Å². The van der Waals surface area contributed by atoms with Crippen molar-refractivity contribution < 1.29 is 4.84 Å². The summed E-state index contributed by atoms with van der Waals surface area (Å²) in [6.07, 6.45) is 2.70. The fourth-order valence-corrected chi connectivity index (χ4v) is 2.05. The lowest BCUT2D eigenvalue weighted by atomic mass is 9.92. The molecule has 0 heterocycles. The Morgan fingerprint density at radius 3 is 2.28 bits per heavy atom. The monoisotopic (exact) mass is 249 g/mol. The molecule has 0 aromatic heterocycles. The molecule has 0 saturated carbocycles. The number of hydrogen-bond donors (Lipinski definition) is 0. The van der Waals surface area contributed by atoms with Gasteiger partial charge in [-0.2, -0.15) is 0 Å². The summed E-state index contributed by atoms with van der Waals surface area (Å²) in [4.78, 5) is 5.98. The van der Waals surface area contributed by atoms with E-state index >= 15 is 0 Å². The molecule has 1 rings (SSSR count). The van der Waals surface area contributed by atoms with Crippen molar-refractivity contribution >= 4 is 5.69 Å². The number of benzene rings is 1. The number of rotatable bonds is 7. The lowest BCUT2D eigenvalue weighted by Gasteiger charge is -2.28. The van der Waals surface area contributed by atoms with Crippen molar-refractivity contribution in [1.29, 1.82) is 0 Å². The maximum Gasteiger partial charge on any atom is 0.0853 e. The third kappa shape index (κ3) is 4.69. The van der Waals surface area contributed by atoms with E-state index < -0.39 is 0 Å². The zero-order chi connectivity index (χ0) is 13.5. The largest absolute Gasteiger partial charge is 0.270 e. The maximum absolute atomic E-state index is 5.98. The molecule has 1 aromatic carbocycles. The molecule has 0 bridgehead atoms. The van der Waals surface area contributed by atoms with Crippen LogP contribution in [-0.2, 0) is 4.84 Å². The quantitative estimate of drug-likeness (QED) is 0.659. The Morgan fingerprint density at radius 1 is 1.11 bits per heavy atom. The van der Waals surface area contributed by atoms with E-state index in [0.717, 1.165) is 11.6 Å². The molecule has 1 aromatic rings. The van der Waals surface area contributed by atoms with Crippen LogP contribution in [0.25, 0.3) is 0 Å². The Morgan fingerprint density at radius 2 is 1.72 bits per heavy atom. The third-order valence-electron chi connectivity index (χ3n) is 3.72. The SMILES string of the molecule is CCC(C)CC(C)C(C)ON(C)c1ccccc1. The first-order valence-electron chi connectivity index (χ1n) is 7.00. The van der Waals surface area contributed by atoms with E-state index in [9.17, 15) is 0 Å². The van der Waals surface area contributed by atoms with Gasteiger partial charge in [0.2, 0.25) is 0 Å². The molecule has 3 unspecified atom stereocenters. The molecule has 0 N–H and O–H groups in total. The first-order chi connectivity index (χ1) is 8.54. The van der Waals surface area contributed by atoms with Gasteiger partial charge >= 0.3 is 0 Å². The van der Waals surface area contributed by atoms with Gasteiger partial charge in [-0.3, -0.25) is 9.90 Å². The Kier molecular flexibility index (Phi) is 6.20. The highest BCUT2D eigenvalue weighted by molar-refractivity contribution is 5.42. The standard InChI is InChI=1S/C16H27NO/c1-6-13(2)12-14(3)15(4)18-17(5)16-10-8-7-9-11-16/h7-11,13-15H,6,12H2,1-5H3. The van der Waals surface area contributed by atoms with Gasteiger partial charge in [-0.25, -0.2) is 0 Å².